The lowest BCUT2D eigenvalue weighted by atomic mass is 10.2. The molecular formula is C11H8ClN3O2. The van der Waals surface area contributed by atoms with Crippen LogP contribution in [0.15, 0.2) is 36.7 Å². The Hall–Kier alpha value is -2.14. The minimum Gasteiger partial charge on any atom is -0.504 e. The molecule has 1 amide bonds. The Morgan fingerprint density at radius 2 is 2.12 bits per heavy atom. The highest BCUT2D eigenvalue weighted by molar-refractivity contribution is 6.29. The maximum atomic E-state index is 11.7. The predicted molar refractivity (Wildman–Crippen MR) is 63.1 cm³/mol. The van der Waals surface area contributed by atoms with Crippen molar-refractivity contribution in [3.8, 4) is 5.75 Å². The lowest BCUT2D eigenvalue weighted by Crippen LogP contribution is -2.13. The molecule has 0 aromatic carbocycles. The van der Waals surface area contributed by atoms with Crippen molar-refractivity contribution >= 4 is 23.3 Å². The molecule has 86 valence electrons. The maximum absolute atomic E-state index is 11.7. The van der Waals surface area contributed by atoms with Crippen LogP contribution in [0.4, 0.5) is 5.82 Å². The largest absolute Gasteiger partial charge is 0.504 e. The van der Waals surface area contributed by atoms with E-state index in [2.05, 4.69) is 15.3 Å². The average Bonchev–Trinajstić information content (AvgIpc) is 2.33. The topological polar surface area (TPSA) is 75.1 Å². The van der Waals surface area contributed by atoms with Gasteiger partial charge in [0, 0.05) is 12.4 Å². The molecule has 2 heterocycles. The summed E-state index contributed by atoms with van der Waals surface area (Å²) in [6, 6.07) is 6.04. The van der Waals surface area contributed by atoms with Crippen LogP contribution in [0, 0.1) is 0 Å². The normalized spacial score (nSPS) is 9.94. The zero-order valence-electron chi connectivity index (χ0n) is 8.59. The summed E-state index contributed by atoms with van der Waals surface area (Å²) in [5.74, 6) is -0.404. The SMILES string of the molecule is O=C(Nc1ncccc1O)c1ccc(Cl)nc1. The molecule has 0 radical (unpaired) electrons. The zero-order valence-corrected chi connectivity index (χ0v) is 9.35. The molecule has 6 heteroatoms. The van der Waals surface area contributed by atoms with Gasteiger partial charge < -0.3 is 10.4 Å². The van der Waals surface area contributed by atoms with Gasteiger partial charge in [0.15, 0.2) is 11.6 Å². The van der Waals surface area contributed by atoms with Gasteiger partial charge in [-0.05, 0) is 24.3 Å². The molecule has 17 heavy (non-hydrogen) atoms. The molecule has 5 nitrogen and oxygen atoms in total. The quantitative estimate of drug-likeness (QED) is 0.799. The third-order valence-electron chi connectivity index (χ3n) is 2.01. The Bertz CT molecular complexity index is 543. The van der Waals surface area contributed by atoms with Crippen molar-refractivity contribution in [2.45, 2.75) is 0 Å². The maximum Gasteiger partial charge on any atom is 0.258 e. The molecule has 0 bridgehead atoms. The summed E-state index contributed by atoms with van der Waals surface area (Å²) in [6.07, 6.45) is 2.81. The molecule has 2 aromatic heterocycles. The minimum absolute atomic E-state index is 0.0947. The van der Waals surface area contributed by atoms with Crippen molar-refractivity contribution in [2.24, 2.45) is 0 Å². The smallest absolute Gasteiger partial charge is 0.258 e. The molecule has 0 aliphatic carbocycles. The van der Waals surface area contributed by atoms with Crippen molar-refractivity contribution in [1.82, 2.24) is 9.97 Å². The number of aromatic nitrogens is 2. The predicted octanol–water partition coefficient (Wildman–Crippen LogP) is 2.09. The van der Waals surface area contributed by atoms with Crippen LogP contribution in [-0.2, 0) is 0 Å². The second-order valence-corrected chi connectivity index (χ2v) is 3.58. The molecule has 2 rings (SSSR count). The Kier molecular flexibility index (Phi) is 3.20. The van der Waals surface area contributed by atoms with E-state index in [1.54, 1.807) is 6.07 Å². The Morgan fingerprint density at radius 3 is 2.76 bits per heavy atom. The minimum atomic E-state index is -0.414. The number of carbonyl (C=O) groups excluding carboxylic acids is 1. The standard InChI is InChI=1S/C11H8ClN3O2/c12-9-4-3-7(6-14-9)11(17)15-10-8(16)2-1-5-13-10/h1-6,16H,(H,13,15,17). The molecule has 0 spiro atoms. The number of hydrogen-bond acceptors (Lipinski definition) is 4. The summed E-state index contributed by atoms with van der Waals surface area (Å²) in [5, 5.41) is 12.2. The van der Waals surface area contributed by atoms with Crippen LogP contribution in [0.3, 0.4) is 0 Å². The molecule has 0 atom stereocenters. The van der Waals surface area contributed by atoms with Crippen LogP contribution in [-0.4, -0.2) is 21.0 Å². The number of anilines is 1. The van der Waals surface area contributed by atoms with Crippen LogP contribution in [0.25, 0.3) is 0 Å². The van der Waals surface area contributed by atoms with Gasteiger partial charge >= 0.3 is 0 Å². The van der Waals surface area contributed by atoms with Crippen LogP contribution < -0.4 is 5.32 Å². The first-order valence-electron chi connectivity index (χ1n) is 4.74. The highest BCUT2D eigenvalue weighted by Gasteiger charge is 2.09. The van der Waals surface area contributed by atoms with E-state index < -0.39 is 5.91 Å². The lowest BCUT2D eigenvalue weighted by Gasteiger charge is -2.05. The van der Waals surface area contributed by atoms with Crippen molar-refractivity contribution in [3.05, 3.63) is 47.4 Å². The fourth-order valence-corrected chi connectivity index (χ4v) is 1.29. The Morgan fingerprint density at radius 1 is 1.29 bits per heavy atom. The van der Waals surface area contributed by atoms with Crippen LogP contribution >= 0.6 is 11.6 Å². The van der Waals surface area contributed by atoms with Crippen molar-refractivity contribution in [1.29, 1.82) is 0 Å². The lowest BCUT2D eigenvalue weighted by molar-refractivity contribution is 0.102. The fraction of sp³-hybridized carbons (Fsp3) is 0. The fourth-order valence-electron chi connectivity index (χ4n) is 1.18. The molecule has 0 saturated carbocycles. The third kappa shape index (κ3) is 2.70. The number of halogens is 1. The van der Waals surface area contributed by atoms with Crippen molar-refractivity contribution in [3.63, 3.8) is 0 Å². The number of nitrogens with zero attached hydrogens (tertiary/aromatic N) is 2. The summed E-state index contributed by atoms with van der Waals surface area (Å²) in [4.78, 5) is 19.4. The van der Waals surface area contributed by atoms with Gasteiger partial charge in [-0.1, -0.05) is 11.6 Å². The van der Waals surface area contributed by atoms with E-state index in [1.807, 2.05) is 0 Å². The monoisotopic (exact) mass is 249 g/mol. The number of carbonyl (C=O) groups is 1. The number of hydrogen-bond donors (Lipinski definition) is 2. The summed E-state index contributed by atoms with van der Waals surface area (Å²) >= 11 is 5.61. The first-order valence-corrected chi connectivity index (χ1v) is 5.11. The Labute approximate surface area is 102 Å². The van der Waals surface area contributed by atoms with Gasteiger partial charge in [0.1, 0.15) is 5.15 Å². The molecule has 0 fully saturated rings. The van der Waals surface area contributed by atoms with Crippen molar-refractivity contribution in [2.75, 3.05) is 5.32 Å². The number of pyridine rings is 2. The van der Waals surface area contributed by atoms with Crippen molar-refractivity contribution < 1.29 is 9.90 Å². The molecule has 0 aliphatic rings. The molecular weight excluding hydrogens is 242 g/mol. The van der Waals surface area contributed by atoms with Gasteiger partial charge in [-0.3, -0.25) is 4.79 Å². The number of nitrogens with one attached hydrogen (secondary N) is 1. The summed E-state index contributed by atoms with van der Waals surface area (Å²) in [6.45, 7) is 0. The first kappa shape index (κ1) is 11.3. The van der Waals surface area contributed by atoms with E-state index in [-0.39, 0.29) is 11.6 Å². The number of rotatable bonds is 2. The van der Waals surface area contributed by atoms with Gasteiger partial charge in [0.25, 0.3) is 5.91 Å². The van der Waals surface area contributed by atoms with E-state index in [0.29, 0.717) is 10.7 Å². The van der Waals surface area contributed by atoms with Crippen LogP contribution in [0.2, 0.25) is 5.15 Å². The summed E-state index contributed by atoms with van der Waals surface area (Å²) < 4.78 is 0. The van der Waals surface area contributed by atoms with Crippen LogP contribution in [0.1, 0.15) is 10.4 Å². The highest BCUT2D eigenvalue weighted by atomic mass is 35.5. The van der Waals surface area contributed by atoms with Crippen LogP contribution in [0.5, 0.6) is 5.75 Å². The second kappa shape index (κ2) is 4.80. The first-order chi connectivity index (χ1) is 8.16. The molecule has 2 N–H and O–H groups in total. The molecule has 0 saturated heterocycles. The van der Waals surface area contributed by atoms with E-state index in [0.717, 1.165) is 0 Å². The Balaban J connectivity index is 2.17. The molecule has 0 unspecified atom stereocenters. The summed E-state index contributed by atoms with van der Waals surface area (Å²) in [5.41, 5.74) is 0.333. The third-order valence-corrected chi connectivity index (χ3v) is 2.23. The van der Waals surface area contributed by atoms with Gasteiger partial charge in [-0.15, -0.1) is 0 Å². The summed E-state index contributed by atoms with van der Waals surface area (Å²) in [7, 11) is 0. The van der Waals surface area contributed by atoms with Gasteiger partial charge in [-0.2, -0.15) is 0 Å². The number of aromatic hydroxyl groups is 1. The van der Waals surface area contributed by atoms with Gasteiger partial charge in [0.05, 0.1) is 5.56 Å². The van der Waals surface area contributed by atoms with E-state index in [1.165, 1.54) is 30.6 Å². The van der Waals surface area contributed by atoms with E-state index in [9.17, 15) is 9.90 Å². The second-order valence-electron chi connectivity index (χ2n) is 3.19. The highest BCUT2D eigenvalue weighted by Crippen LogP contribution is 2.19. The van der Waals surface area contributed by atoms with E-state index >= 15 is 0 Å². The van der Waals surface area contributed by atoms with Gasteiger partial charge in [0.2, 0.25) is 0 Å². The zero-order chi connectivity index (χ0) is 12.3. The van der Waals surface area contributed by atoms with Gasteiger partial charge in [-0.25, -0.2) is 9.97 Å². The van der Waals surface area contributed by atoms with E-state index in [4.69, 9.17) is 11.6 Å². The molecule has 0 aliphatic heterocycles. The average molecular weight is 250 g/mol. The molecule has 2 aromatic rings. The number of amides is 1.